The average Bonchev–Trinajstić information content (AvgIpc) is 2.27. The Labute approximate surface area is 94.4 Å². The molecule has 0 aromatic heterocycles. The van der Waals surface area contributed by atoms with Crippen molar-refractivity contribution in [3.05, 3.63) is 35.9 Å². The van der Waals surface area contributed by atoms with Crippen LogP contribution in [0.2, 0.25) is 0 Å². The summed E-state index contributed by atoms with van der Waals surface area (Å²) in [6.45, 7) is 1.59. The van der Waals surface area contributed by atoms with Crippen molar-refractivity contribution in [3.63, 3.8) is 0 Å². The van der Waals surface area contributed by atoms with E-state index in [4.69, 9.17) is 5.11 Å². The third-order valence-corrected chi connectivity index (χ3v) is 4.39. The van der Waals surface area contributed by atoms with Gasteiger partial charge in [-0.3, -0.25) is 9.36 Å². The maximum absolute atomic E-state index is 11.6. The van der Waals surface area contributed by atoms with Crippen LogP contribution >= 0.6 is 7.37 Å². The topological polar surface area (TPSA) is 74.6 Å². The van der Waals surface area contributed by atoms with E-state index in [1.165, 1.54) is 0 Å². The number of carboxylic acid groups (broad SMARTS) is 1. The van der Waals surface area contributed by atoms with E-state index >= 15 is 0 Å². The lowest BCUT2D eigenvalue weighted by molar-refractivity contribution is -0.138. The molecular weight excluding hydrogens is 227 g/mol. The lowest BCUT2D eigenvalue weighted by atomic mass is 10.0. The van der Waals surface area contributed by atoms with Gasteiger partial charge in [-0.25, -0.2) is 0 Å². The fraction of sp³-hybridized carbons (Fsp3) is 0.364. The molecule has 2 unspecified atom stereocenters. The van der Waals surface area contributed by atoms with E-state index in [2.05, 4.69) is 0 Å². The van der Waals surface area contributed by atoms with Crippen molar-refractivity contribution in [1.82, 2.24) is 0 Å². The van der Waals surface area contributed by atoms with Gasteiger partial charge < -0.3 is 10.00 Å². The molecule has 0 aliphatic rings. The van der Waals surface area contributed by atoms with Gasteiger partial charge in [0.1, 0.15) is 0 Å². The van der Waals surface area contributed by atoms with Crippen LogP contribution in [0.3, 0.4) is 0 Å². The molecule has 0 saturated carbocycles. The number of benzene rings is 1. The molecule has 1 aromatic rings. The maximum atomic E-state index is 11.6. The van der Waals surface area contributed by atoms with E-state index in [-0.39, 0.29) is 12.3 Å². The zero-order chi connectivity index (χ0) is 12.2. The molecule has 0 radical (unpaired) electrons. The van der Waals surface area contributed by atoms with Crippen LogP contribution in [-0.4, -0.2) is 28.3 Å². The maximum Gasteiger partial charge on any atom is 0.311 e. The molecule has 88 valence electrons. The SMILES string of the molecule is CCP(=O)(O)CC(C(=O)O)c1ccccc1. The van der Waals surface area contributed by atoms with Gasteiger partial charge in [-0.2, -0.15) is 0 Å². The highest BCUT2D eigenvalue weighted by atomic mass is 31.2. The van der Waals surface area contributed by atoms with Crippen LogP contribution in [0, 0.1) is 0 Å². The number of carbonyl (C=O) groups is 1. The molecule has 2 N–H and O–H groups in total. The quantitative estimate of drug-likeness (QED) is 0.776. The van der Waals surface area contributed by atoms with Crippen molar-refractivity contribution in [1.29, 1.82) is 0 Å². The van der Waals surface area contributed by atoms with Gasteiger partial charge in [0.2, 0.25) is 7.37 Å². The number of rotatable bonds is 5. The summed E-state index contributed by atoms with van der Waals surface area (Å²) in [5.74, 6) is -1.97. The molecule has 0 amide bonds. The molecule has 0 aliphatic carbocycles. The standard InChI is InChI=1S/C11H15O4P/c1-2-16(14,15)8-10(11(12)13)9-6-4-3-5-7-9/h3-7,10H,2,8H2,1H3,(H,12,13)(H,14,15). The zero-order valence-corrected chi connectivity index (χ0v) is 9.93. The second-order valence-electron chi connectivity index (χ2n) is 3.65. The first-order valence-electron chi connectivity index (χ1n) is 5.05. The highest BCUT2D eigenvalue weighted by molar-refractivity contribution is 7.58. The van der Waals surface area contributed by atoms with E-state index in [0.29, 0.717) is 5.56 Å². The number of hydrogen-bond donors (Lipinski definition) is 2. The van der Waals surface area contributed by atoms with Crippen molar-refractivity contribution >= 4 is 13.3 Å². The van der Waals surface area contributed by atoms with Gasteiger partial charge in [-0.15, -0.1) is 0 Å². The minimum atomic E-state index is -3.33. The molecular formula is C11H15O4P. The Morgan fingerprint density at radius 1 is 1.38 bits per heavy atom. The van der Waals surface area contributed by atoms with Crippen LogP contribution < -0.4 is 0 Å². The van der Waals surface area contributed by atoms with E-state index in [1.54, 1.807) is 37.3 Å². The second kappa shape index (κ2) is 5.28. The van der Waals surface area contributed by atoms with Crippen LogP contribution in [0.1, 0.15) is 18.4 Å². The van der Waals surface area contributed by atoms with Crippen molar-refractivity contribution in [2.24, 2.45) is 0 Å². The normalized spacial score (nSPS) is 16.4. The Morgan fingerprint density at radius 3 is 2.38 bits per heavy atom. The summed E-state index contributed by atoms with van der Waals surface area (Å²) in [4.78, 5) is 20.6. The molecule has 0 bridgehead atoms. The first-order chi connectivity index (χ1) is 7.46. The summed E-state index contributed by atoms with van der Waals surface area (Å²) < 4.78 is 11.6. The molecule has 16 heavy (non-hydrogen) atoms. The lowest BCUT2D eigenvalue weighted by Gasteiger charge is -2.16. The van der Waals surface area contributed by atoms with Crippen LogP contribution in [-0.2, 0) is 9.36 Å². The smallest absolute Gasteiger partial charge is 0.311 e. The predicted octanol–water partition coefficient (Wildman–Crippen LogP) is 2.15. The molecule has 0 fully saturated rings. The van der Waals surface area contributed by atoms with Crippen LogP contribution in [0.25, 0.3) is 0 Å². The summed E-state index contributed by atoms with van der Waals surface area (Å²) in [7, 11) is -3.33. The lowest BCUT2D eigenvalue weighted by Crippen LogP contribution is -2.16. The van der Waals surface area contributed by atoms with Crippen LogP contribution in [0.5, 0.6) is 0 Å². The fourth-order valence-corrected chi connectivity index (χ4v) is 2.62. The Morgan fingerprint density at radius 2 is 1.94 bits per heavy atom. The molecule has 1 aromatic carbocycles. The van der Waals surface area contributed by atoms with Gasteiger partial charge in [0.15, 0.2) is 0 Å². The van der Waals surface area contributed by atoms with Gasteiger partial charge in [0.05, 0.1) is 5.92 Å². The summed E-state index contributed by atoms with van der Waals surface area (Å²) in [5, 5.41) is 9.05. The van der Waals surface area contributed by atoms with Gasteiger partial charge >= 0.3 is 5.97 Å². The van der Waals surface area contributed by atoms with Gasteiger partial charge in [-0.1, -0.05) is 37.3 Å². The Balaban J connectivity index is 2.94. The van der Waals surface area contributed by atoms with Crippen molar-refractivity contribution < 1.29 is 19.4 Å². The summed E-state index contributed by atoms with van der Waals surface area (Å²) in [6.07, 6.45) is -0.105. The molecule has 4 nitrogen and oxygen atoms in total. The first-order valence-corrected chi connectivity index (χ1v) is 7.08. The van der Waals surface area contributed by atoms with Gasteiger partial charge in [-0.05, 0) is 5.56 Å². The van der Waals surface area contributed by atoms with E-state index in [0.717, 1.165) is 0 Å². The van der Waals surface area contributed by atoms with Crippen LogP contribution in [0.4, 0.5) is 0 Å². The third kappa shape index (κ3) is 3.47. The average molecular weight is 242 g/mol. The molecule has 0 heterocycles. The van der Waals surface area contributed by atoms with E-state index < -0.39 is 19.3 Å². The third-order valence-electron chi connectivity index (χ3n) is 2.46. The largest absolute Gasteiger partial charge is 0.481 e. The Hall–Kier alpha value is -1.12. The fourth-order valence-electron chi connectivity index (χ4n) is 1.43. The summed E-state index contributed by atoms with van der Waals surface area (Å²) in [6, 6.07) is 8.54. The predicted molar refractivity (Wildman–Crippen MR) is 62.1 cm³/mol. The second-order valence-corrected chi connectivity index (χ2v) is 6.34. The first kappa shape index (κ1) is 12.9. The molecule has 0 saturated heterocycles. The molecule has 5 heteroatoms. The minimum absolute atomic E-state index is 0.101. The summed E-state index contributed by atoms with van der Waals surface area (Å²) in [5.41, 5.74) is 0.567. The van der Waals surface area contributed by atoms with E-state index in [1.807, 2.05) is 0 Å². The molecule has 2 atom stereocenters. The highest BCUT2D eigenvalue weighted by Gasteiger charge is 2.28. The zero-order valence-electron chi connectivity index (χ0n) is 9.04. The van der Waals surface area contributed by atoms with Crippen molar-refractivity contribution in [2.45, 2.75) is 12.8 Å². The number of hydrogen-bond acceptors (Lipinski definition) is 2. The molecule has 0 aliphatic heterocycles. The monoisotopic (exact) mass is 242 g/mol. The van der Waals surface area contributed by atoms with Crippen molar-refractivity contribution in [3.8, 4) is 0 Å². The molecule has 0 spiro atoms. The number of carboxylic acids is 1. The Bertz CT molecular complexity index is 402. The minimum Gasteiger partial charge on any atom is -0.481 e. The van der Waals surface area contributed by atoms with Crippen LogP contribution in [0.15, 0.2) is 30.3 Å². The number of aliphatic carboxylic acids is 1. The molecule has 1 rings (SSSR count). The van der Waals surface area contributed by atoms with Crippen molar-refractivity contribution in [2.75, 3.05) is 12.3 Å². The van der Waals surface area contributed by atoms with Gasteiger partial charge in [0.25, 0.3) is 0 Å². The van der Waals surface area contributed by atoms with E-state index in [9.17, 15) is 14.3 Å². The highest BCUT2D eigenvalue weighted by Crippen LogP contribution is 2.44. The summed E-state index contributed by atoms with van der Waals surface area (Å²) >= 11 is 0. The Kier molecular flexibility index (Phi) is 4.27. The van der Waals surface area contributed by atoms with Gasteiger partial charge in [0, 0.05) is 12.3 Å².